The lowest BCUT2D eigenvalue weighted by molar-refractivity contribution is -0.134. The predicted molar refractivity (Wildman–Crippen MR) is 76.8 cm³/mol. The summed E-state index contributed by atoms with van der Waals surface area (Å²) in [6.07, 6.45) is 7.94. The molecule has 1 unspecified atom stereocenters. The first-order valence-electron chi connectivity index (χ1n) is 7.77. The van der Waals surface area contributed by atoms with Gasteiger partial charge in [0.15, 0.2) is 0 Å². The number of hydrogen-bond donors (Lipinski definition) is 1. The SMILES string of the molecule is CCCCCN(CCCCC)C(=O)C1CCC(=O)N1. The summed E-state index contributed by atoms with van der Waals surface area (Å²) in [6.45, 7) is 6.01. The molecule has 0 aromatic rings. The van der Waals surface area contributed by atoms with Crippen LogP contribution in [0.15, 0.2) is 0 Å². The standard InChI is InChI=1S/C15H28N2O2/c1-3-5-7-11-17(12-8-6-4-2)15(19)13-9-10-14(18)16-13/h13H,3-12H2,1-2H3,(H,16,18). The van der Waals surface area contributed by atoms with Crippen molar-refractivity contribution < 1.29 is 9.59 Å². The van der Waals surface area contributed by atoms with Gasteiger partial charge in [0, 0.05) is 19.5 Å². The Morgan fingerprint density at radius 3 is 2.16 bits per heavy atom. The number of carbonyl (C=O) groups excluding carboxylic acids is 2. The van der Waals surface area contributed by atoms with Gasteiger partial charge in [0.05, 0.1) is 0 Å². The van der Waals surface area contributed by atoms with Gasteiger partial charge >= 0.3 is 0 Å². The molecular formula is C15H28N2O2. The predicted octanol–water partition coefficient (Wildman–Crippen LogP) is 2.47. The molecule has 0 saturated carbocycles. The van der Waals surface area contributed by atoms with E-state index < -0.39 is 0 Å². The Morgan fingerprint density at radius 2 is 1.74 bits per heavy atom. The van der Waals surface area contributed by atoms with Crippen molar-refractivity contribution >= 4 is 11.8 Å². The molecule has 1 N–H and O–H groups in total. The lowest BCUT2D eigenvalue weighted by atomic mass is 10.1. The molecule has 1 heterocycles. The maximum atomic E-state index is 12.4. The Balaban J connectivity index is 2.45. The van der Waals surface area contributed by atoms with Gasteiger partial charge in [-0.1, -0.05) is 39.5 Å². The third kappa shape index (κ3) is 5.62. The molecule has 4 nitrogen and oxygen atoms in total. The third-order valence-electron chi connectivity index (χ3n) is 3.67. The summed E-state index contributed by atoms with van der Waals surface area (Å²) in [5.74, 6) is 0.137. The van der Waals surface area contributed by atoms with Crippen LogP contribution in [0.1, 0.15) is 65.2 Å². The van der Waals surface area contributed by atoms with Crippen molar-refractivity contribution in [2.45, 2.75) is 71.3 Å². The van der Waals surface area contributed by atoms with Gasteiger partial charge < -0.3 is 10.2 Å². The van der Waals surface area contributed by atoms with Gasteiger partial charge in [0.25, 0.3) is 0 Å². The topological polar surface area (TPSA) is 49.4 Å². The zero-order valence-electron chi connectivity index (χ0n) is 12.4. The summed E-state index contributed by atoms with van der Waals surface area (Å²) >= 11 is 0. The monoisotopic (exact) mass is 268 g/mol. The van der Waals surface area contributed by atoms with Crippen LogP contribution in [0.2, 0.25) is 0 Å². The third-order valence-corrected chi connectivity index (χ3v) is 3.67. The van der Waals surface area contributed by atoms with E-state index in [9.17, 15) is 9.59 Å². The average Bonchev–Trinajstić information content (AvgIpc) is 2.83. The first-order chi connectivity index (χ1) is 9.19. The molecule has 19 heavy (non-hydrogen) atoms. The number of rotatable bonds is 9. The van der Waals surface area contributed by atoms with Gasteiger partial charge in [-0.3, -0.25) is 9.59 Å². The van der Waals surface area contributed by atoms with E-state index in [1.807, 2.05) is 4.90 Å². The van der Waals surface area contributed by atoms with Crippen molar-refractivity contribution in [1.82, 2.24) is 10.2 Å². The molecule has 0 radical (unpaired) electrons. The van der Waals surface area contributed by atoms with Crippen LogP contribution in [0.4, 0.5) is 0 Å². The highest BCUT2D eigenvalue weighted by Gasteiger charge is 2.30. The summed E-state index contributed by atoms with van der Waals surface area (Å²) in [5.41, 5.74) is 0. The Hall–Kier alpha value is -1.06. The molecule has 0 spiro atoms. The zero-order chi connectivity index (χ0) is 14.1. The molecule has 0 aromatic heterocycles. The van der Waals surface area contributed by atoms with Crippen molar-refractivity contribution in [2.24, 2.45) is 0 Å². The van der Waals surface area contributed by atoms with Gasteiger partial charge in [0.2, 0.25) is 11.8 Å². The first kappa shape index (κ1) is 16.0. The molecule has 1 aliphatic heterocycles. The van der Waals surface area contributed by atoms with Crippen molar-refractivity contribution in [2.75, 3.05) is 13.1 Å². The summed E-state index contributed by atoms with van der Waals surface area (Å²) in [6, 6.07) is -0.268. The van der Waals surface area contributed by atoms with Crippen LogP contribution in [-0.2, 0) is 9.59 Å². The minimum absolute atomic E-state index is 0.0143. The minimum atomic E-state index is -0.268. The number of unbranched alkanes of at least 4 members (excludes halogenated alkanes) is 4. The maximum Gasteiger partial charge on any atom is 0.245 e. The van der Waals surface area contributed by atoms with Gasteiger partial charge in [-0.25, -0.2) is 0 Å². The molecule has 0 aromatic carbocycles. The fraction of sp³-hybridized carbons (Fsp3) is 0.867. The number of amides is 2. The normalized spacial score (nSPS) is 18.4. The molecule has 0 bridgehead atoms. The van der Waals surface area contributed by atoms with E-state index in [1.165, 1.54) is 0 Å². The molecule has 2 amide bonds. The van der Waals surface area contributed by atoms with E-state index in [0.717, 1.165) is 51.6 Å². The van der Waals surface area contributed by atoms with E-state index >= 15 is 0 Å². The van der Waals surface area contributed by atoms with Gasteiger partial charge in [0.1, 0.15) is 6.04 Å². The Bertz CT molecular complexity index is 282. The van der Waals surface area contributed by atoms with Crippen LogP contribution in [0.5, 0.6) is 0 Å². The number of nitrogens with one attached hydrogen (secondary N) is 1. The van der Waals surface area contributed by atoms with Crippen LogP contribution >= 0.6 is 0 Å². The lowest BCUT2D eigenvalue weighted by Crippen LogP contribution is -2.45. The number of carbonyl (C=O) groups is 2. The Kier molecular flexibility index (Phi) is 7.53. The van der Waals surface area contributed by atoms with Gasteiger partial charge in [-0.05, 0) is 19.3 Å². The first-order valence-corrected chi connectivity index (χ1v) is 7.77. The second kappa shape index (κ2) is 8.94. The van der Waals surface area contributed by atoms with Crippen LogP contribution in [-0.4, -0.2) is 35.8 Å². The van der Waals surface area contributed by atoms with Crippen molar-refractivity contribution in [3.63, 3.8) is 0 Å². The summed E-state index contributed by atoms with van der Waals surface area (Å²) in [4.78, 5) is 25.6. The molecule has 0 aliphatic carbocycles. The summed E-state index contributed by atoms with van der Waals surface area (Å²) < 4.78 is 0. The second-order valence-electron chi connectivity index (χ2n) is 5.40. The van der Waals surface area contributed by atoms with Crippen LogP contribution in [0, 0.1) is 0 Å². The summed E-state index contributed by atoms with van der Waals surface area (Å²) in [5, 5.41) is 2.78. The summed E-state index contributed by atoms with van der Waals surface area (Å²) in [7, 11) is 0. The number of hydrogen-bond acceptors (Lipinski definition) is 2. The average molecular weight is 268 g/mol. The fourth-order valence-corrected chi connectivity index (χ4v) is 2.46. The molecule has 1 saturated heterocycles. The minimum Gasteiger partial charge on any atom is -0.344 e. The smallest absolute Gasteiger partial charge is 0.245 e. The number of nitrogens with zero attached hydrogens (tertiary/aromatic N) is 1. The van der Waals surface area contributed by atoms with Crippen LogP contribution in [0.3, 0.4) is 0 Å². The molecule has 4 heteroatoms. The van der Waals surface area contributed by atoms with E-state index in [4.69, 9.17) is 0 Å². The van der Waals surface area contributed by atoms with E-state index in [1.54, 1.807) is 0 Å². The van der Waals surface area contributed by atoms with Crippen LogP contribution < -0.4 is 5.32 Å². The second-order valence-corrected chi connectivity index (χ2v) is 5.40. The van der Waals surface area contributed by atoms with Gasteiger partial charge in [-0.15, -0.1) is 0 Å². The highest BCUT2D eigenvalue weighted by Crippen LogP contribution is 2.12. The quantitative estimate of drug-likeness (QED) is 0.653. The Morgan fingerprint density at radius 1 is 1.16 bits per heavy atom. The Labute approximate surface area is 116 Å². The van der Waals surface area contributed by atoms with Gasteiger partial charge in [-0.2, -0.15) is 0 Å². The molecule has 110 valence electrons. The van der Waals surface area contributed by atoms with E-state index in [2.05, 4.69) is 19.2 Å². The van der Waals surface area contributed by atoms with Crippen molar-refractivity contribution in [3.8, 4) is 0 Å². The molecule has 1 atom stereocenters. The zero-order valence-corrected chi connectivity index (χ0v) is 12.4. The highest BCUT2D eigenvalue weighted by molar-refractivity contribution is 5.90. The lowest BCUT2D eigenvalue weighted by Gasteiger charge is -2.25. The van der Waals surface area contributed by atoms with Crippen molar-refractivity contribution in [1.29, 1.82) is 0 Å². The maximum absolute atomic E-state index is 12.4. The molecule has 1 fully saturated rings. The molecule has 1 aliphatic rings. The van der Waals surface area contributed by atoms with Crippen LogP contribution in [0.25, 0.3) is 0 Å². The van der Waals surface area contributed by atoms with Crippen molar-refractivity contribution in [3.05, 3.63) is 0 Å². The highest BCUT2D eigenvalue weighted by atomic mass is 16.2. The largest absolute Gasteiger partial charge is 0.344 e. The van der Waals surface area contributed by atoms with E-state index in [0.29, 0.717) is 12.8 Å². The molecule has 1 rings (SSSR count). The van der Waals surface area contributed by atoms with E-state index in [-0.39, 0.29) is 17.9 Å². The fourth-order valence-electron chi connectivity index (χ4n) is 2.46. The molecular weight excluding hydrogens is 240 g/mol.